The first-order valence-electron chi connectivity index (χ1n) is 7.24. The Morgan fingerprint density at radius 1 is 1.21 bits per heavy atom. The molecule has 0 aliphatic heterocycles. The third kappa shape index (κ3) is 3.38. The summed E-state index contributed by atoms with van der Waals surface area (Å²) in [6.07, 6.45) is 2.24. The highest BCUT2D eigenvalue weighted by molar-refractivity contribution is 6.30. The van der Waals surface area contributed by atoms with Crippen molar-refractivity contribution in [3.05, 3.63) is 59.4 Å². The van der Waals surface area contributed by atoms with Crippen LogP contribution >= 0.6 is 11.6 Å². The van der Waals surface area contributed by atoms with Crippen molar-refractivity contribution in [1.29, 1.82) is 0 Å². The lowest BCUT2D eigenvalue weighted by atomic mass is 10.2. The first-order valence-corrected chi connectivity index (χ1v) is 7.62. The maximum Gasteiger partial charge on any atom is 0.339 e. The zero-order valence-corrected chi connectivity index (χ0v) is 13.5. The summed E-state index contributed by atoms with van der Waals surface area (Å²) >= 11 is 5.80. The minimum atomic E-state index is -0.949. The summed E-state index contributed by atoms with van der Waals surface area (Å²) in [6.45, 7) is 1.51. The van der Waals surface area contributed by atoms with Gasteiger partial charge in [-0.1, -0.05) is 11.6 Å². The van der Waals surface area contributed by atoms with E-state index >= 15 is 0 Å². The number of amides is 1. The van der Waals surface area contributed by atoms with Gasteiger partial charge in [0.2, 0.25) is 0 Å². The number of nitrogens with zero attached hydrogens (tertiary/aromatic N) is 1. The molecule has 1 aromatic carbocycles. The normalized spacial score (nSPS) is 11.9. The molecule has 0 aliphatic carbocycles. The largest absolute Gasteiger partial charge is 0.449 e. The van der Waals surface area contributed by atoms with E-state index < -0.39 is 18.0 Å². The number of aromatic amines is 1. The lowest BCUT2D eigenvalue weighted by Crippen LogP contribution is -2.30. The number of fused-ring (bicyclic) bond motifs is 1. The lowest BCUT2D eigenvalue weighted by molar-refractivity contribution is -0.123. The molecular weight excluding hydrogens is 330 g/mol. The van der Waals surface area contributed by atoms with E-state index in [1.807, 2.05) is 0 Å². The Kier molecular flexibility index (Phi) is 4.48. The molecule has 24 heavy (non-hydrogen) atoms. The van der Waals surface area contributed by atoms with Crippen LogP contribution in [-0.4, -0.2) is 27.9 Å². The molecular formula is C17H14ClN3O3. The molecule has 0 bridgehead atoms. The van der Waals surface area contributed by atoms with Gasteiger partial charge < -0.3 is 15.0 Å². The van der Waals surface area contributed by atoms with Gasteiger partial charge in [0.25, 0.3) is 5.91 Å². The van der Waals surface area contributed by atoms with E-state index in [9.17, 15) is 9.59 Å². The summed E-state index contributed by atoms with van der Waals surface area (Å²) in [5.74, 6) is -1.01. The highest BCUT2D eigenvalue weighted by Gasteiger charge is 2.20. The predicted molar refractivity (Wildman–Crippen MR) is 91.1 cm³/mol. The summed E-state index contributed by atoms with van der Waals surface area (Å²) in [5.41, 5.74) is 1.51. The van der Waals surface area contributed by atoms with Crippen molar-refractivity contribution >= 4 is 40.2 Å². The fraction of sp³-hybridized carbons (Fsp3) is 0.118. The van der Waals surface area contributed by atoms with Crippen LogP contribution in [0.2, 0.25) is 5.02 Å². The van der Waals surface area contributed by atoms with Crippen LogP contribution in [0.5, 0.6) is 0 Å². The Morgan fingerprint density at radius 3 is 2.71 bits per heavy atom. The molecule has 0 aliphatic rings. The molecule has 0 saturated heterocycles. The summed E-state index contributed by atoms with van der Waals surface area (Å²) in [7, 11) is 0. The third-order valence-corrected chi connectivity index (χ3v) is 3.70. The molecule has 3 aromatic rings. The first kappa shape index (κ1) is 16.0. The number of nitrogens with one attached hydrogen (secondary N) is 2. The van der Waals surface area contributed by atoms with Crippen LogP contribution in [0.25, 0.3) is 11.0 Å². The van der Waals surface area contributed by atoms with Crippen LogP contribution in [0.4, 0.5) is 5.69 Å². The number of carbonyl (C=O) groups is 2. The highest BCUT2D eigenvalue weighted by atomic mass is 35.5. The lowest BCUT2D eigenvalue weighted by Gasteiger charge is -2.14. The number of halogens is 1. The summed E-state index contributed by atoms with van der Waals surface area (Å²) in [5, 5.41) is 3.88. The predicted octanol–water partition coefficient (Wildman–Crippen LogP) is 3.40. The molecule has 6 nitrogen and oxygen atoms in total. The van der Waals surface area contributed by atoms with Crippen LogP contribution in [0.15, 0.2) is 48.8 Å². The SMILES string of the molecule is CC(OC(=O)c1ccnc2[nH]ccc12)C(=O)Nc1ccc(Cl)cc1. The maximum absolute atomic E-state index is 12.3. The van der Waals surface area contributed by atoms with E-state index in [2.05, 4.69) is 15.3 Å². The third-order valence-electron chi connectivity index (χ3n) is 3.44. The summed E-state index contributed by atoms with van der Waals surface area (Å²) in [4.78, 5) is 31.5. The van der Waals surface area contributed by atoms with Crippen molar-refractivity contribution in [2.75, 3.05) is 5.32 Å². The van der Waals surface area contributed by atoms with E-state index in [-0.39, 0.29) is 0 Å². The molecule has 3 rings (SSSR count). The Morgan fingerprint density at radius 2 is 1.96 bits per heavy atom. The quantitative estimate of drug-likeness (QED) is 0.711. The number of anilines is 1. The molecule has 2 N–H and O–H groups in total. The molecule has 1 amide bonds. The average Bonchev–Trinajstić information content (AvgIpc) is 3.05. The summed E-state index contributed by atoms with van der Waals surface area (Å²) in [6, 6.07) is 9.95. The molecule has 1 atom stereocenters. The number of benzene rings is 1. The van der Waals surface area contributed by atoms with Gasteiger partial charge in [0.15, 0.2) is 6.10 Å². The van der Waals surface area contributed by atoms with E-state index in [1.54, 1.807) is 42.6 Å². The molecule has 0 radical (unpaired) electrons. The standard InChI is InChI=1S/C17H14ClN3O3/c1-10(16(22)21-12-4-2-11(18)3-5-12)24-17(23)14-7-9-20-15-13(14)6-8-19-15/h2-10H,1H3,(H,19,20)(H,21,22). The Hall–Kier alpha value is -2.86. The molecule has 0 fully saturated rings. The average molecular weight is 344 g/mol. The number of hydrogen-bond acceptors (Lipinski definition) is 4. The molecule has 2 aromatic heterocycles. The van der Waals surface area contributed by atoms with Crippen molar-refractivity contribution in [2.45, 2.75) is 13.0 Å². The summed E-state index contributed by atoms with van der Waals surface area (Å²) < 4.78 is 5.25. The fourth-order valence-corrected chi connectivity index (χ4v) is 2.32. The van der Waals surface area contributed by atoms with E-state index in [0.717, 1.165) is 0 Å². The second kappa shape index (κ2) is 6.72. The van der Waals surface area contributed by atoms with Crippen molar-refractivity contribution in [3.63, 3.8) is 0 Å². The number of hydrogen-bond donors (Lipinski definition) is 2. The smallest absolute Gasteiger partial charge is 0.339 e. The number of rotatable bonds is 4. The van der Waals surface area contributed by atoms with Gasteiger partial charge in [-0.3, -0.25) is 4.79 Å². The number of ether oxygens (including phenoxy) is 1. The monoisotopic (exact) mass is 343 g/mol. The number of carbonyl (C=O) groups excluding carboxylic acids is 2. The number of aromatic nitrogens is 2. The van der Waals surface area contributed by atoms with Gasteiger partial charge in [-0.2, -0.15) is 0 Å². The molecule has 7 heteroatoms. The van der Waals surface area contributed by atoms with Crippen LogP contribution in [-0.2, 0) is 9.53 Å². The molecule has 2 heterocycles. The Balaban J connectivity index is 1.68. The number of pyridine rings is 1. The molecule has 0 saturated carbocycles. The van der Waals surface area contributed by atoms with Gasteiger partial charge in [-0.25, -0.2) is 9.78 Å². The van der Waals surface area contributed by atoms with E-state index in [1.165, 1.54) is 13.1 Å². The zero-order chi connectivity index (χ0) is 17.1. The number of H-pyrrole nitrogens is 1. The second-order valence-corrected chi connectivity index (χ2v) is 5.58. The van der Waals surface area contributed by atoms with E-state index in [4.69, 9.17) is 16.3 Å². The van der Waals surface area contributed by atoms with Gasteiger partial charge in [0.05, 0.1) is 5.56 Å². The van der Waals surface area contributed by atoms with Crippen LogP contribution in [0.1, 0.15) is 17.3 Å². The van der Waals surface area contributed by atoms with Gasteiger partial charge in [-0.15, -0.1) is 0 Å². The zero-order valence-electron chi connectivity index (χ0n) is 12.7. The van der Waals surface area contributed by atoms with E-state index in [0.29, 0.717) is 27.3 Å². The molecule has 1 unspecified atom stereocenters. The second-order valence-electron chi connectivity index (χ2n) is 5.14. The van der Waals surface area contributed by atoms with Crippen molar-refractivity contribution < 1.29 is 14.3 Å². The van der Waals surface area contributed by atoms with Crippen molar-refractivity contribution in [1.82, 2.24) is 9.97 Å². The first-order chi connectivity index (χ1) is 11.5. The van der Waals surface area contributed by atoms with Gasteiger partial charge >= 0.3 is 5.97 Å². The minimum absolute atomic E-state index is 0.354. The topological polar surface area (TPSA) is 84.1 Å². The minimum Gasteiger partial charge on any atom is -0.449 e. The molecule has 122 valence electrons. The Labute approximate surface area is 142 Å². The fourth-order valence-electron chi connectivity index (χ4n) is 2.19. The van der Waals surface area contributed by atoms with Gasteiger partial charge in [0, 0.05) is 28.5 Å². The maximum atomic E-state index is 12.3. The van der Waals surface area contributed by atoms with Gasteiger partial charge in [-0.05, 0) is 43.3 Å². The number of esters is 1. The van der Waals surface area contributed by atoms with Crippen molar-refractivity contribution in [2.24, 2.45) is 0 Å². The Bertz CT molecular complexity index is 889. The van der Waals surface area contributed by atoms with Crippen molar-refractivity contribution in [3.8, 4) is 0 Å². The van der Waals surface area contributed by atoms with Gasteiger partial charge in [0.1, 0.15) is 5.65 Å². The molecule has 0 spiro atoms. The van der Waals surface area contributed by atoms with Crippen LogP contribution in [0.3, 0.4) is 0 Å². The van der Waals surface area contributed by atoms with Crippen LogP contribution in [0, 0.1) is 0 Å². The highest BCUT2D eigenvalue weighted by Crippen LogP contribution is 2.17. The van der Waals surface area contributed by atoms with Crippen LogP contribution < -0.4 is 5.32 Å².